The monoisotopic (exact) mass is 312 g/mol. The minimum atomic E-state index is 0.386. The molecule has 0 amide bonds. The van der Waals surface area contributed by atoms with Crippen molar-refractivity contribution in [2.75, 3.05) is 36.7 Å². The first-order valence-electron chi connectivity index (χ1n) is 5.83. The molecule has 106 valence electrons. The van der Waals surface area contributed by atoms with Crippen LogP contribution in [0.1, 0.15) is 0 Å². The zero-order valence-corrected chi connectivity index (χ0v) is 12.8. The Morgan fingerprint density at radius 3 is 2.40 bits per heavy atom. The molecule has 0 aliphatic carbocycles. The fraction of sp³-hybridized carbons (Fsp3) is 0.250. The zero-order valence-electron chi connectivity index (χ0n) is 11.3. The lowest BCUT2D eigenvalue weighted by Gasteiger charge is -2.14. The molecule has 1 aromatic carbocycles. The molecule has 0 bridgehead atoms. The van der Waals surface area contributed by atoms with Crippen molar-refractivity contribution in [1.82, 2.24) is 15.0 Å². The average Bonchev–Trinajstić information content (AvgIpc) is 2.43. The summed E-state index contributed by atoms with van der Waals surface area (Å²) in [5.41, 5.74) is 0.636. The summed E-state index contributed by atoms with van der Waals surface area (Å²) in [6.07, 6.45) is 0. The fourth-order valence-electron chi connectivity index (χ4n) is 1.45. The second-order valence-electron chi connectivity index (χ2n) is 4.15. The Bertz CT molecular complexity index is 617. The minimum absolute atomic E-state index is 0.386. The zero-order chi connectivity index (χ0) is 14.7. The highest BCUT2D eigenvalue weighted by atomic mass is 35.5. The maximum atomic E-state index is 6.13. The van der Waals surface area contributed by atoms with Crippen LogP contribution in [0.2, 0.25) is 10.0 Å². The molecule has 0 aliphatic heterocycles. The van der Waals surface area contributed by atoms with Gasteiger partial charge in [0, 0.05) is 21.1 Å². The molecule has 2 aromatic rings. The Morgan fingerprint density at radius 2 is 1.75 bits per heavy atom. The molecule has 6 nitrogen and oxygen atoms in total. The molecule has 0 atom stereocenters. The van der Waals surface area contributed by atoms with Gasteiger partial charge in [-0.2, -0.15) is 15.0 Å². The Hall–Kier alpha value is -1.79. The molecule has 0 saturated carbocycles. The van der Waals surface area contributed by atoms with E-state index in [4.69, 9.17) is 23.2 Å². The number of nitrogens with one attached hydrogen (secondary N) is 2. The first-order chi connectivity index (χ1) is 9.51. The number of benzene rings is 1. The molecular weight excluding hydrogens is 299 g/mol. The summed E-state index contributed by atoms with van der Waals surface area (Å²) in [5, 5.41) is 6.81. The van der Waals surface area contributed by atoms with Crippen LogP contribution in [-0.4, -0.2) is 36.1 Å². The van der Waals surface area contributed by atoms with Crippen LogP contribution >= 0.6 is 23.2 Å². The van der Waals surface area contributed by atoms with E-state index in [1.807, 2.05) is 14.1 Å². The van der Waals surface area contributed by atoms with Gasteiger partial charge in [0.1, 0.15) is 0 Å². The lowest BCUT2D eigenvalue weighted by molar-refractivity contribution is 0.963. The molecule has 2 rings (SSSR count). The van der Waals surface area contributed by atoms with Crippen LogP contribution in [0.3, 0.4) is 0 Å². The number of halogens is 2. The molecule has 20 heavy (non-hydrogen) atoms. The summed E-state index contributed by atoms with van der Waals surface area (Å²) < 4.78 is 0. The van der Waals surface area contributed by atoms with Crippen LogP contribution < -0.4 is 15.5 Å². The second kappa shape index (κ2) is 6.11. The standard InChI is InChI=1S/C12H14Cl2N6/c1-15-10-17-11(19-12(18-10)20(2)3)16-8-6-4-5-7(13)9(8)14/h4-6H,1-3H3,(H2,15,16,17,18,19). The summed E-state index contributed by atoms with van der Waals surface area (Å²) in [6, 6.07) is 5.31. The third kappa shape index (κ3) is 3.20. The van der Waals surface area contributed by atoms with Crippen LogP contribution in [-0.2, 0) is 0 Å². The van der Waals surface area contributed by atoms with Crippen molar-refractivity contribution in [1.29, 1.82) is 0 Å². The van der Waals surface area contributed by atoms with Crippen LogP contribution in [0, 0.1) is 0 Å². The van der Waals surface area contributed by atoms with Crippen molar-refractivity contribution in [3.63, 3.8) is 0 Å². The number of rotatable bonds is 4. The number of aromatic nitrogens is 3. The van der Waals surface area contributed by atoms with Gasteiger partial charge in [-0.15, -0.1) is 0 Å². The molecule has 0 aliphatic rings. The van der Waals surface area contributed by atoms with E-state index in [2.05, 4.69) is 25.6 Å². The summed E-state index contributed by atoms with van der Waals surface area (Å²) >= 11 is 12.1. The number of anilines is 4. The number of nitrogens with zero attached hydrogens (tertiary/aromatic N) is 4. The number of hydrogen-bond acceptors (Lipinski definition) is 6. The molecule has 0 fully saturated rings. The molecule has 8 heteroatoms. The Labute approximate surface area is 127 Å². The van der Waals surface area contributed by atoms with Crippen molar-refractivity contribution in [2.24, 2.45) is 0 Å². The van der Waals surface area contributed by atoms with Gasteiger partial charge >= 0.3 is 0 Å². The first-order valence-corrected chi connectivity index (χ1v) is 6.59. The van der Waals surface area contributed by atoms with E-state index >= 15 is 0 Å². The summed E-state index contributed by atoms with van der Waals surface area (Å²) in [5.74, 6) is 1.38. The quantitative estimate of drug-likeness (QED) is 0.904. The second-order valence-corrected chi connectivity index (χ2v) is 4.94. The van der Waals surface area contributed by atoms with E-state index in [9.17, 15) is 0 Å². The largest absolute Gasteiger partial charge is 0.357 e. The first kappa shape index (κ1) is 14.6. The Kier molecular flexibility index (Phi) is 4.46. The molecule has 1 aromatic heterocycles. The Balaban J connectivity index is 2.37. The molecule has 0 unspecified atom stereocenters. The SMILES string of the molecule is CNc1nc(Nc2cccc(Cl)c2Cl)nc(N(C)C)n1. The maximum Gasteiger partial charge on any atom is 0.233 e. The van der Waals surface area contributed by atoms with Crippen molar-refractivity contribution >= 4 is 46.7 Å². The van der Waals surface area contributed by atoms with Gasteiger partial charge < -0.3 is 15.5 Å². The molecule has 0 spiro atoms. The number of hydrogen-bond donors (Lipinski definition) is 2. The van der Waals surface area contributed by atoms with E-state index in [1.54, 1.807) is 30.1 Å². The fourth-order valence-corrected chi connectivity index (χ4v) is 1.80. The predicted octanol–water partition coefficient (Wildman–Crippen LogP) is 3.03. The molecule has 2 N–H and O–H groups in total. The average molecular weight is 313 g/mol. The van der Waals surface area contributed by atoms with E-state index in [1.165, 1.54) is 0 Å². The highest BCUT2D eigenvalue weighted by molar-refractivity contribution is 6.43. The van der Waals surface area contributed by atoms with E-state index in [0.29, 0.717) is 33.6 Å². The van der Waals surface area contributed by atoms with Gasteiger partial charge in [0.15, 0.2) is 0 Å². The van der Waals surface area contributed by atoms with Crippen molar-refractivity contribution < 1.29 is 0 Å². The van der Waals surface area contributed by atoms with Gasteiger partial charge in [0.2, 0.25) is 17.8 Å². The van der Waals surface area contributed by atoms with Crippen molar-refractivity contribution in [2.45, 2.75) is 0 Å². The Morgan fingerprint density at radius 1 is 1.05 bits per heavy atom. The maximum absolute atomic E-state index is 6.13. The lowest BCUT2D eigenvalue weighted by Crippen LogP contribution is -2.15. The van der Waals surface area contributed by atoms with Crippen LogP contribution in [0.15, 0.2) is 18.2 Å². The minimum Gasteiger partial charge on any atom is -0.357 e. The lowest BCUT2D eigenvalue weighted by atomic mass is 10.3. The molecular formula is C12H14Cl2N6. The van der Waals surface area contributed by atoms with E-state index < -0.39 is 0 Å². The normalized spacial score (nSPS) is 10.2. The van der Waals surface area contributed by atoms with Crippen molar-refractivity contribution in [3.05, 3.63) is 28.2 Å². The van der Waals surface area contributed by atoms with Gasteiger partial charge in [-0.05, 0) is 12.1 Å². The van der Waals surface area contributed by atoms with Crippen LogP contribution in [0.25, 0.3) is 0 Å². The van der Waals surface area contributed by atoms with Crippen LogP contribution in [0.5, 0.6) is 0 Å². The smallest absolute Gasteiger partial charge is 0.233 e. The summed E-state index contributed by atoms with van der Waals surface area (Å²) in [4.78, 5) is 14.5. The molecule has 0 radical (unpaired) electrons. The third-order valence-corrected chi connectivity index (χ3v) is 3.26. The summed E-state index contributed by atoms with van der Waals surface area (Å²) in [6.45, 7) is 0. The predicted molar refractivity (Wildman–Crippen MR) is 83.4 cm³/mol. The van der Waals surface area contributed by atoms with Crippen LogP contribution in [0.4, 0.5) is 23.5 Å². The van der Waals surface area contributed by atoms with Gasteiger partial charge in [0.25, 0.3) is 0 Å². The molecule has 1 heterocycles. The molecule has 0 saturated heterocycles. The van der Waals surface area contributed by atoms with E-state index in [-0.39, 0.29) is 0 Å². The van der Waals surface area contributed by atoms with Gasteiger partial charge in [-0.25, -0.2) is 0 Å². The topological polar surface area (TPSA) is 66.0 Å². The highest BCUT2D eigenvalue weighted by Crippen LogP contribution is 2.31. The van der Waals surface area contributed by atoms with E-state index in [0.717, 1.165) is 0 Å². The summed E-state index contributed by atoms with van der Waals surface area (Å²) in [7, 11) is 5.45. The third-order valence-electron chi connectivity index (χ3n) is 2.45. The van der Waals surface area contributed by atoms with Crippen molar-refractivity contribution in [3.8, 4) is 0 Å². The van der Waals surface area contributed by atoms with Gasteiger partial charge in [-0.3, -0.25) is 0 Å². The van der Waals surface area contributed by atoms with Gasteiger partial charge in [-0.1, -0.05) is 29.3 Å². The van der Waals surface area contributed by atoms with Gasteiger partial charge in [0.05, 0.1) is 15.7 Å². The highest BCUT2D eigenvalue weighted by Gasteiger charge is 2.10.